The van der Waals surface area contributed by atoms with E-state index < -0.39 is 5.60 Å². The fraction of sp³-hybridized carbons (Fsp3) is 1.00. The Hall–Kier alpha value is -0.0800. The van der Waals surface area contributed by atoms with Crippen molar-refractivity contribution >= 4 is 0 Å². The zero-order valence-electron chi connectivity index (χ0n) is 13.8. The molecule has 2 aliphatic rings. The summed E-state index contributed by atoms with van der Waals surface area (Å²) in [5.74, 6) is 1.90. The average molecular weight is 281 g/mol. The summed E-state index contributed by atoms with van der Waals surface area (Å²) in [6, 6.07) is 0. The largest absolute Gasteiger partial charge is 0.389 e. The lowest BCUT2D eigenvalue weighted by Gasteiger charge is -2.56. The first kappa shape index (κ1) is 16.3. The molecule has 2 aliphatic carbocycles. The third-order valence-corrected chi connectivity index (χ3v) is 6.89. The van der Waals surface area contributed by atoms with Gasteiger partial charge in [-0.25, -0.2) is 0 Å². The van der Waals surface area contributed by atoms with E-state index in [1.807, 2.05) is 0 Å². The Morgan fingerprint density at radius 2 is 1.75 bits per heavy atom. The summed E-state index contributed by atoms with van der Waals surface area (Å²) in [5.41, 5.74) is 5.70. The lowest BCUT2D eigenvalue weighted by atomic mass is 9.52. The summed E-state index contributed by atoms with van der Waals surface area (Å²) in [4.78, 5) is 0. The van der Waals surface area contributed by atoms with Gasteiger partial charge in [0.05, 0.1) is 5.60 Å². The Kier molecular flexibility index (Phi) is 5.18. The molecule has 3 unspecified atom stereocenters. The van der Waals surface area contributed by atoms with E-state index in [2.05, 4.69) is 20.8 Å². The molecule has 0 spiro atoms. The summed E-state index contributed by atoms with van der Waals surface area (Å²) < 4.78 is 0. The Morgan fingerprint density at radius 3 is 2.30 bits per heavy atom. The first-order chi connectivity index (χ1) is 9.49. The molecule has 118 valence electrons. The van der Waals surface area contributed by atoms with Gasteiger partial charge in [-0.3, -0.25) is 0 Å². The monoisotopic (exact) mass is 281 g/mol. The second-order valence-electron chi connectivity index (χ2n) is 7.80. The van der Waals surface area contributed by atoms with Crippen molar-refractivity contribution in [3.8, 4) is 0 Å². The SMILES string of the molecule is CCCC1CCC(CN)(C2(O)CCCC(C)C2C)CC1. The minimum Gasteiger partial charge on any atom is -0.389 e. The van der Waals surface area contributed by atoms with E-state index in [9.17, 15) is 5.11 Å². The number of nitrogens with two attached hydrogens (primary N) is 1. The molecule has 2 fully saturated rings. The van der Waals surface area contributed by atoms with Crippen molar-refractivity contribution in [3.05, 3.63) is 0 Å². The molecule has 0 amide bonds. The Balaban J connectivity index is 2.14. The molecule has 0 aromatic carbocycles. The molecule has 0 aromatic rings. The molecule has 2 nitrogen and oxygen atoms in total. The molecule has 3 N–H and O–H groups in total. The summed E-state index contributed by atoms with van der Waals surface area (Å²) >= 11 is 0. The van der Waals surface area contributed by atoms with Crippen LogP contribution in [-0.4, -0.2) is 17.3 Å². The first-order valence-electron chi connectivity index (χ1n) is 8.91. The van der Waals surface area contributed by atoms with Crippen molar-refractivity contribution in [2.45, 2.75) is 84.2 Å². The van der Waals surface area contributed by atoms with Gasteiger partial charge < -0.3 is 10.8 Å². The molecule has 20 heavy (non-hydrogen) atoms. The van der Waals surface area contributed by atoms with Crippen molar-refractivity contribution in [2.75, 3.05) is 6.54 Å². The standard InChI is InChI=1S/C18H35NO/c1-4-6-16-8-11-17(13-19,12-9-16)18(20)10-5-7-14(2)15(18)3/h14-16,20H,4-13,19H2,1-3H3. The Morgan fingerprint density at radius 1 is 1.10 bits per heavy atom. The van der Waals surface area contributed by atoms with Gasteiger partial charge in [-0.15, -0.1) is 0 Å². The molecule has 0 heterocycles. The van der Waals surface area contributed by atoms with E-state index in [-0.39, 0.29) is 5.41 Å². The highest BCUT2D eigenvalue weighted by atomic mass is 16.3. The van der Waals surface area contributed by atoms with E-state index in [4.69, 9.17) is 5.73 Å². The maximum absolute atomic E-state index is 11.5. The number of hydrogen-bond acceptors (Lipinski definition) is 2. The van der Waals surface area contributed by atoms with Gasteiger partial charge in [0.15, 0.2) is 0 Å². The van der Waals surface area contributed by atoms with Crippen LogP contribution in [0.5, 0.6) is 0 Å². The minimum atomic E-state index is -0.517. The van der Waals surface area contributed by atoms with E-state index in [0.717, 1.165) is 25.2 Å². The first-order valence-corrected chi connectivity index (χ1v) is 8.91. The number of rotatable bonds is 4. The van der Waals surface area contributed by atoms with Gasteiger partial charge >= 0.3 is 0 Å². The van der Waals surface area contributed by atoms with Crippen molar-refractivity contribution in [2.24, 2.45) is 28.9 Å². The lowest BCUT2D eigenvalue weighted by molar-refractivity contribution is -0.169. The lowest BCUT2D eigenvalue weighted by Crippen LogP contribution is -2.60. The van der Waals surface area contributed by atoms with E-state index >= 15 is 0 Å². The smallest absolute Gasteiger partial charge is 0.0743 e. The fourth-order valence-corrected chi connectivity index (χ4v) is 5.13. The second-order valence-corrected chi connectivity index (χ2v) is 7.80. The van der Waals surface area contributed by atoms with Crippen LogP contribution in [-0.2, 0) is 0 Å². The van der Waals surface area contributed by atoms with Crippen molar-refractivity contribution in [1.29, 1.82) is 0 Å². The van der Waals surface area contributed by atoms with Gasteiger partial charge in [0.1, 0.15) is 0 Å². The summed E-state index contributed by atoms with van der Waals surface area (Å²) in [6.45, 7) is 7.52. The third-order valence-electron chi connectivity index (χ3n) is 6.89. The molecule has 2 rings (SSSR count). The van der Waals surface area contributed by atoms with Crippen LogP contribution in [0.25, 0.3) is 0 Å². The Bertz CT molecular complexity index is 309. The van der Waals surface area contributed by atoms with Crippen LogP contribution in [0.4, 0.5) is 0 Å². The zero-order valence-corrected chi connectivity index (χ0v) is 13.8. The van der Waals surface area contributed by atoms with Crippen molar-refractivity contribution in [3.63, 3.8) is 0 Å². The van der Waals surface area contributed by atoms with Crippen LogP contribution in [0.2, 0.25) is 0 Å². The minimum absolute atomic E-state index is 0.00859. The third kappa shape index (κ3) is 2.66. The van der Waals surface area contributed by atoms with Crippen LogP contribution in [0.1, 0.15) is 78.6 Å². The van der Waals surface area contributed by atoms with Gasteiger partial charge in [-0.05, 0) is 49.9 Å². The van der Waals surface area contributed by atoms with E-state index in [1.54, 1.807) is 0 Å². The molecule has 0 saturated heterocycles. The molecule has 2 saturated carbocycles. The van der Waals surface area contributed by atoms with Crippen LogP contribution in [0.3, 0.4) is 0 Å². The molecule has 0 radical (unpaired) electrons. The fourth-order valence-electron chi connectivity index (χ4n) is 5.13. The van der Waals surface area contributed by atoms with Gasteiger partial charge in [-0.1, -0.05) is 46.5 Å². The van der Waals surface area contributed by atoms with Crippen LogP contribution in [0, 0.1) is 23.2 Å². The molecular weight excluding hydrogens is 246 g/mol. The van der Waals surface area contributed by atoms with Crippen LogP contribution in [0.15, 0.2) is 0 Å². The molecule has 2 heteroatoms. The highest BCUT2D eigenvalue weighted by molar-refractivity contribution is 5.06. The Labute approximate surface area is 125 Å². The maximum atomic E-state index is 11.5. The predicted molar refractivity (Wildman–Crippen MR) is 85.5 cm³/mol. The summed E-state index contributed by atoms with van der Waals surface area (Å²) in [6.07, 6.45) is 10.9. The summed E-state index contributed by atoms with van der Waals surface area (Å²) in [5, 5.41) is 11.5. The van der Waals surface area contributed by atoms with Gasteiger partial charge in [0.2, 0.25) is 0 Å². The highest BCUT2D eigenvalue weighted by Gasteiger charge is 2.55. The van der Waals surface area contributed by atoms with Crippen LogP contribution < -0.4 is 5.73 Å². The predicted octanol–water partition coefficient (Wildman–Crippen LogP) is 4.11. The van der Waals surface area contributed by atoms with Crippen LogP contribution >= 0.6 is 0 Å². The quantitative estimate of drug-likeness (QED) is 0.814. The molecule has 0 aliphatic heterocycles. The highest BCUT2D eigenvalue weighted by Crippen LogP contribution is 2.55. The summed E-state index contributed by atoms with van der Waals surface area (Å²) in [7, 11) is 0. The van der Waals surface area contributed by atoms with Gasteiger partial charge in [0, 0.05) is 12.0 Å². The van der Waals surface area contributed by atoms with Gasteiger partial charge in [-0.2, -0.15) is 0 Å². The molecular formula is C18H35NO. The number of aliphatic hydroxyl groups is 1. The maximum Gasteiger partial charge on any atom is 0.0743 e. The van der Waals surface area contributed by atoms with E-state index in [0.29, 0.717) is 18.4 Å². The van der Waals surface area contributed by atoms with E-state index in [1.165, 1.54) is 38.5 Å². The van der Waals surface area contributed by atoms with Crippen molar-refractivity contribution in [1.82, 2.24) is 0 Å². The van der Waals surface area contributed by atoms with Crippen molar-refractivity contribution < 1.29 is 5.11 Å². The zero-order chi connectivity index (χ0) is 14.8. The molecule has 3 atom stereocenters. The second kappa shape index (κ2) is 6.36. The topological polar surface area (TPSA) is 46.2 Å². The normalized spacial score (nSPS) is 46.4. The number of hydrogen-bond donors (Lipinski definition) is 2. The molecule has 0 aromatic heterocycles. The average Bonchev–Trinajstić information content (AvgIpc) is 2.46. The molecule has 0 bridgehead atoms. The van der Waals surface area contributed by atoms with Gasteiger partial charge in [0.25, 0.3) is 0 Å².